The van der Waals surface area contributed by atoms with E-state index in [1.807, 2.05) is 18.2 Å². The van der Waals surface area contributed by atoms with Crippen molar-refractivity contribution < 1.29 is 4.74 Å². The van der Waals surface area contributed by atoms with Gasteiger partial charge in [0.25, 0.3) is 0 Å². The average Bonchev–Trinajstić information content (AvgIpc) is 2.84. The van der Waals surface area contributed by atoms with Gasteiger partial charge in [-0.05, 0) is 52.5 Å². The van der Waals surface area contributed by atoms with Crippen LogP contribution in [0.5, 0.6) is 5.75 Å². The molecule has 19 heavy (non-hydrogen) atoms. The largest absolute Gasteiger partial charge is 0.496 e. The second-order valence-electron chi connectivity index (χ2n) is 4.29. The number of hydrazine groups is 1. The van der Waals surface area contributed by atoms with Gasteiger partial charge >= 0.3 is 0 Å². The smallest absolute Gasteiger partial charge is 0.122 e. The molecular formula is C14H17BrN2OS. The van der Waals surface area contributed by atoms with E-state index in [9.17, 15) is 0 Å². The lowest BCUT2D eigenvalue weighted by Crippen LogP contribution is -2.38. The Balaban J connectivity index is 2.06. The van der Waals surface area contributed by atoms with E-state index in [0.717, 1.165) is 22.4 Å². The molecule has 0 aliphatic carbocycles. The molecule has 2 aromatic rings. The summed E-state index contributed by atoms with van der Waals surface area (Å²) < 4.78 is 6.52. The first-order valence-electron chi connectivity index (χ1n) is 6.05. The molecule has 0 amide bonds. The van der Waals surface area contributed by atoms with Gasteiger partial charge in [-0.3, -0.25) is 11.3 Å². The molecule has 5 heteroatoms. The van der Waals surface area contributed by atoms with Gasteiger partial charge in [-0.15, -0.1) is 11.3 Å². The Hall–Kier alpha value is -0.880. The fraction of sp³-hybridized carbons (Fsp3) is 0.286. The van der Waals surface area contributed by atoms with Crippen LogP contribution in [-0.4, -0.2) is 13.2 Å². The summed E-state index contributed by atoms with van der Waals surface area (Å²) in [6.07, 6.45) is 1.75. The number of rotatable bonds is 6. The highest BCUT2D eigenvalue weighted by Gasteiger charge is 2.13. The van der Waals surface area contributed by atoms with E-state index >= 15 is 0 Å². The zero-order valence-corrected chi connectivity index (χ0v) is 13.1. The second kappa shape index (κ2) is 7.05. The van der Waals surface area contributed by atoms with Crippen molar-refractivity contribution >= 4 is 27.3 Å². The summed E-state index contributed by atoms with van der Waals surface area (Å²) in [5, 5.41) is 0. The van der Waals surface area contributed by atoms with Crippen LogP contribution in [0.3, 0.4) is 0 Å². The number of hydrogen-bond donors (Lipinski definition) is 2. The summed E-state index contributed by atoms with van der Waals surface area (Å²) >= 11 is 5.22. The number of halogens is 1. The van der Waals surface area contributed by atoms with Crippen LogP contribution in [0.15, 0.2) is 40.2 Å². The molecule has 2 rings (SSSR count). The zero-order chi connectivity index (χ0) is 13.7. The van der Waals surface area contributed by atoms with Crippen LogP contribution in [0.25, 0.3) is 0 Å². The molecule has 0 aliphatic rings. The zero-order valence-electron chi connectivity index (χ0n) is 10.7. The van der Waals surface area contributed by atoms with E-state index < -0.39 is 0 Å². The quantitative estimate of drug-likeness (QED) is 0.627. The van der Waals surface area contributed by atoms with Gasteiger partial charge in [0.2, 0.25) is 0 Å². The van der Waals surface area contributed by atoms with Crippen molar-refractivity contribution in [3.8, 4) is 5.75 Å². The van der Waals surface area contributed by atoms with E-state index in [-0.39, 0.29) is 6.04 Å². The molecule has 1 unspecified atom stereocenters. The van der Waals surface area contributed by atoms with E-state index in [2.05, 4.69) is 39.6 Å². The molecule has 3 N–H and O–H groups in total. The van der Waals surface area contributed by atoms with Crippen LogP contribution in [0.2, 0.25) is 0 Å². The molecule has 1 aromatic carbocycles. The first-order chi connectivity index (χ1) is 9.22. The lowest BCUT2D eigenvalue weighted by molar-refractivity contribution is 0.405. The molecule has 102 valence electrons. The molecule has 0 saturated carbocycles. The lowest BCUT2D eigenvalue weighted by Gasteiger charge is -2.16. The normalized spacial score (nSPS) is 12.4. The van der Waals surface area contributed by atoms with Crippen LogP contribution in [-0.2, 0) is 12.8 Å². The minimum Gasteiger partial charge on any atom is -0.496 e. The molecular weight excluding hydrogens is 324 g/mol. The van der Waals surface area contributed by atoms with E-state index in [4.69, 9.17) is 10.6 Å². The number of methoxy groups -OCH3 is 1. The van der Waals surface area contributed by atoms with Gasteiger partial charge < -0.3 is 4.74 Å². The number of hydrogen-bond acceptors (Lipinski definition) is 4. The van der Waals surface area contributed by atoms with Gasteiger partial charge in [0, 0.05) is 10.9 Å². The molecule has 1 heterocycles. The second-order valence-corrected chi connectivity index (χ2v) is 6.84. The van der Waals surface area contributed by atoms with Crippen molar-refractivity contribution in [3.63, 3.8) is 0 Å². The Morgan fingerprint density at radius 2 is 2.05 bits per heavy atom. The lowest BCUT2D eigenvalue weighted by atomic mass is 10.0. The van der Waals surface area contributed by atoms with Crippen LogP contribution in [0, 0.1) is 0 Å². The first kappa shape index (κ1) is 14.5. The van der Waals surface area contributed by atoms with Gasteiger partial charge in [0.15, 0.2) is 0 Å². The van der Waals surface area contributed by atoms with Crippen molar-refractivity contribution in [2.45, 2.75) is 18.9 Å². The fourth-order valence-corrected chi connectivity index (χ4v) is 3.59. The third-order valence-corrected chi connectivity index (χ3v) is 4.62. The maximum Gasteiger partial charge on any atom is 0.122 e. The predicted molar refractivity (Wildman–Crippen MR) is 83.5 cm³/mol. The van der Waals surface area contributed by atoms with Crippen LogP contribution in [0.1, 0.15) is 10.4 Å². The highest BCUT2D eigenvalue weighted by Crippen LogP contribution is 2.25. The standard InChI is InChI=1S/C14H17BrN2OS/c1-18-13-5-3-2-4-10(13)8-11(17-16)9-12-6-7-14(15)19-12/h2-7,11,17H,8-9,16H2,1H3. The third-order valence-electron chi connectivity index (χ3n) is 2.97. The Morgan fingerprint density at radius 3 is 2.68 bits per heavy atom. The minimum absolute atomic E-state index is 0.196. The fourth-order valence-electron chi connectivity index (χ4n) is 2.03. The Labute approximate surface area is 125 Å². The summed E-state index contributed by atoms with van der Waals surface area (Å²) in [5.74, 6) is 6.58. The average molecular weight is 341 g/mol. The summed E-state index contributed by atoms with van der Waals surface area (Å²) in [6, 6.07) is 12.4. The molecule has 0 fully saturated rings. The van der Waals surface area contributed by atoms with Gasteiger partial charge in [0.1, 0.15) is 5.75 Å². The molecule has 1 aromatic heterocycles. The monoisotopic (exact) mass is 340 g/mol. The molecule has 0 radical (unpaired) electrons. The van der Waals surface area contributed by atoms with Gasteiger partial charge in [-0.1, -0.05) is 18.2 Å². The summed E-state index contributed by atoms with van der Waals surface area (Å²) in [6.45, 7) is 0. The molecule has 0 aliphatic heterocycles. The van der Waals surface area contributed by atoms with Gasteiger partial charge in [-0.25, -0.2) is 0 Å². The molecule has 1 atom stereocenters. The third kappa shape index (κ3) is 4.04. The minimum atomic E-state index is 0.196. The molecule has 0 bridgehead atoms. The summed E-state index contributed by atoms with van der Waals surface area (Å²) in [7, 11) is 1.69. The number of para-hydroxylation sites is 1. The first-order valence-corrected chi connectivity index (χ1v) is 7.66. The Bertz CT molecular complexity index is 530. The number of nitrogens with one attached hydrogen (secondary N) is 1. The summed E-state index contributed by atoms with van der Waals surface area (Å²) in [4.78, 5) is 1.31. The summed E-state index contributed by atoms with van der Waals surface area (Å²) in [5.41, 5.74) is 4.07. The van der Waals surface area contributed by atoms with E-state index in [1.165, 1.54) is 10.4 Å². The van der Waals surface area contributed by atoms with E-state index in [0.29, 0.717) is 0 Å². The maximum atomic E-state index is 5.67. The van der Waals surface area contributed by atoms with Crippen molar-refractivity contribution in [1.29, 1.82) is 0 Å². The van der Waals surface area contributed by atoms with Crippen LogP contribution < -0.4 is 16.0 Å². The number of nitrogens with two attached hydrogens (primary N) is 1. The Morgan fingerprint density at radius 1 is 1.26 bits per heavy atom. The predicted octanol–water partition coefficient (Wildman–Crippen LogP) is 3.14. The molecule has 0 saturated heterocycles. The van der Waals surface area contributed by atoms with E-state index in [1.54, 1.807) is 18.4 Å². The van der Waals surface area contributed by atoms with Crippen LogP contribution in [0.4, 0.5) is 0 Å². The van der Waals surface area contributed by atoms with Gasteiger partial charge in [0.05, 0.1) is 10.9 Å². The SMILES string of the molecule is COc1ccccc1CC(Cc1ccc(Br)s1)NN. The highest BCUT2D eigenvalue weighted by molar-refractivity contribution is 9.11. The van der Waals surface area contributed by atoms with Crippen molar-refractivity contribution in [1.82, 2.24) is 5.43 Å². The van der Waals surface area contributed by atoms with Crippen molar-refractivity contribution in [3.05, 3.63) is 50.6 Å². The highest BCUT2D eigenvalue weighted by atomic mass is 79.9. The van der Waals surface area contributed by atoms with Crippen molar-refractivity contribution in [2.75, 3.05) is 7.11 Å². The van der Waals surface area contributed by atoms with Crippen LogP contribution >= 0.6 is 27.3 Å². The number of ether oxygens (including phenoxy) is 1. The molecule has 0 spiro atoms. The van der Waals surface area contributed by atoms with Crippen molar-refractivity contribution in [2.24, 2.45) is 5.84 Å². The van der Waals surface area contributed by atoms with Gasteiger partial charge in [-0.2, -0.15) is 0 Å². The topological polar surface area (TPSA) is 47.3 Å². The molecule has 3 nitrogen and oxygen atoms in total. The number of benzene rings is 1. The number of thiophene rings is 1. The maximum absolute atomic E-state index is 5.67. The Kier molecular flexibility index (Phi) is 5.39.